The van der Waals surface area contributed by atoms with Gasteiger partial charge in [-0.2, -0.15) is 0 Å². The smallest absolute Gasteiger partial charge is 0.191 e. The SMILES string of the molecule is CN=C(NCCc1ccccc1Cl)NC1CCCC1.I. The lowest BCUT2D eigenvalue weighted by molar-refractivity contribution is 0.613. The molecule has 0 unspecified atom stereocenters. The molecule has 0 spiro atoms. The highest BCUT2D eigenvalue weighted by Gasteiger charge is 2.15. The van der Waals surface area contributed by atoms with E-state index in [1.807, 2.05) is 25.2 Å². The van der Waals surface area contributed by atoms with E-state index in [1.165, 1.54) is 31.2 Å². The number of rotatable bonds is 4. The lowest BCUT2D eigenvalue weighted by Gasteiger charge is -2.16. The van der Waals surface area contributed by atoms with Gasteiger partial charge in [0.05, 0.1) is 0 Å². The largest absolute Gasteiger partial charge is 0.356 e. The van der Waals surface area contributed by atoms with Gasteiger partial charge in [0.2, 0.25) is 0 Å². The number of guanidine groups is 1. The van der Waals surface area contributed by atoms with Crippen molar-refractivity contribution >= 4 is 41.5 Å². The zero-order valence-electron chi connectivity index (χ0n) is 11.9. The van der Waals surface area contributed by atoms with E-state index in [1.54, 1.807) is 0 Å². The molecule has 112 valence electrons. The van der Waals surface area contributed by atoms with Gasteiger partial charge in [0.1, 0.15) is 0 Å². The summed E-state index contributed by atoms with van der Waals surface area (Å²) in [4.78, 5) is 4.27. The van der Waals surface area contributed by atoms with Gasteiger partial charge in [-0.05, 0) is 30.9 Å². The van der Waals surface area contributed by atoms with Crippen LogP contribution < -0.4 is 10.6 Å². The maximum atomic E-state index is 6.14. The zero-order valence-corrected chi connectivity index (χ0v) is 14.9. The molecule has 5 heteroatoms. The van der Waals surface area contributed by atoms with Crippen LogP contribution in [0.25, 0.3) is 0 Å². The van der Waals surface area contributed by atoms with Crippen LogP contribution in [0, 0.1) is 0 Å². The molecule has 1 fully saturated rings. The maximum Gasteiger partial charge on any atom is 0.191 e. The summed E-state index contributed by atoms with van der Waals surface area (Å²) in [6, 6.07) is 8.57. The number of halogens is 2. The third kappa shape index (κ3) is 5.48. The van der Waals surface area contributed by atoms with Crippen LogP contribution in [0.1, 0.15) is 31.2 Å². The minimum Gasteiger partial charge on any atom is -0.356 e. The van der Waals surface area contributed by atoms with Crippen LogP contribution in [0.4, 0.5) is 0 Å². The number of benzene rings is 1. The number of aliphatic imine (C=N–C) groups is 1. The first-order valence-corrected chi connectivity index (χ1v) is 7.38. The van der Waals surface area contributed by atoms with Gasteiger partial charge in [0.15, 0.2) is 5.96 Å². The van der Waals surface area contributed by atoms with E-state index < -0.39 is 0 Å². The van der Waals surface area contributed by atoms with Crippen molar-refractivity contribution in [2.45, 2.75) is 38.1 Å². The third-order valence-corrected chi connectivity index (χ3v) is 3.93. The first-order chi connectivity index (χ1) is 9.29. The average molecular weight is 408 g/mol. The van der Waals surface area contributed by atoms with Crippen LogP contribution in [0.2, 0.25) is 5.02 Å². The highest BCUT2D eigenvalue weighted by Crippen LogP contribution is 2.17. The number of hydrogen-bond donors (Lipinski definition) is 2. The van der Waals surface area contributed by atoms with Crippen LogP contribution in [-0.2, 0) is 6.42 Å². The van der Waals surface area contributed by atoms with Gasteiger partial charge in [-0.25, -0.2) is 0 Å². The molecule has 3 nitrogen and oxygen atoms in total. The van der Waals surface area contributed by atoms with E-state index in [-0.39, 0.29) is 24.0 Å². The Hall–Kier alpha value is -0.490. The molecule has 0 radical (unpaired) electrons. The van der Waals surface area contributed by atoms with Gasteiger partial charge < -0.3 is 10.6 Å². The minimum absolute atomic E-state index is 0. The molecule has 20 heavy (non-hydrogen) atoms. The molecule has 2 N–H and O–H groups in total. The molecule has 1 aliphatic carbocycles. The molecule has 1 saturated carbocycles. The molecular weight excluding hydrogens is 385 g/mol. The van der Waals surface area contributed by atoms with Crippen molar-refractivity contribution in [1.29, 1.82) is 0 Å². The standard InChI is InChI=1S/C15H22ClN3.HI/c1-17-15(19-13-7-3-4-8-13)18-11-10-12-6-2-5-9-14(12)16;/h2,5-6,9,13H,3-4,7-8,10-11H2,1H3,(H2,17,18,19);1H. The van der Waals surface area contributed by atoms with E-state index in [2.05, 4.69) is 21.7 Å². The molecule has 2 rings (SSSR count). The van der Waals surface area contributed by atoms with Crippen molar-refractivity contribution in [2.24, 2.45) is 4.99 Å². The van der Waals surface area contributed by atoms with Crippen molar-refractivity contribution in [1.82, 2.24) is 10.6 Å². The van der Waals surface area contributed by atoms with Gasteiger partial charge in [-0.3, -0.25) is 4.99 Å². The van der Waals surface area contributed by atoms with Crippen LogP contribution in [0.15, 0.2) is 29.3 Å². The van der Waals surface area contributed by atoms with Gasteiger partial charge in [0.25, 0.3) is 0 Å². The summed E-state index contributed by atoms with van der Waals surface area (Å²) in [6.07, 6.45) is 6.07. The van der Waals surface area contributed by atoms with Crippen molar-refractivity contribution in [2.75, 3.05) is 13.6 Å². The highest BCUT2D eigenvalue weighted by atomic mass is 127. The predicted molar refractivity (Wildman–Crippen MR) is 97.3 cm³/mol. The first kappa shape index (κ1) is 17.6. The van der Waals surface area contributed by atoms with E-state index in [0.29, 0.717) is 6.04 Å². The van der Waals surface area contributed by atoms with Crippen LogP contribution >= 0.6 is 35.6 Å². The summed E-state index contributed by atoms with van der Waals surface area (Å²) < 4.78 is 0. The topological polar surface area (TPSA) is 36.4 Å². The molecular formula is C15H23ClIN3. The summed E-state index contributed by atoms with van der Waals surface area (Å²) in [5.74, 6) is 0.902. The number of nitrogens with one attached hydrogen (secondary N) is 2. The van der Waals surface area contributed by atoms with Gasteiger partial charge >= 0.3 is 0 Å². The molecule has 1 aromatic carbocycles. The van der Waals surface area contributed by atoms with Crippen molar-refractivity contribution < 1.29 is 0 Å². The van der Waals surface area contributed by atoms with Crippen molar-refractivity contribution in [3.8, 4) is 0 Å². The van der Waals surface area contributed by atoms with Gasteiger partial charge in [-0.1, -0.05) is 42.6 Å². The lowest BCUT2D eigenvalue weighted by Crippen LogP contribution is -2.43. The molecule has 1 aromatic rings. The molecule has 0 amide bonds. The highest BCUT2D eigenvalue weighted by molar-refractivity contribution is 14.0. The molecule has 0 aromatic heterocycles. The van der Waals surface area contributed by atoms with Crippen LogP contribution in [0.5, 0.6) is 0 Å². The van der Waals surface area contributed by atoms with Gasteiger partial charge in [0, 0.05) is 24.7 Å². The van der Waals surface area contributed by atoms with E-state index >= 15 is 0 Å². The Bertz CT molecular complexity index is 431. The second-order valence-electron chi connectivity index (χ2n) is 4.97. The molecule has 0 aliphatic heterocycles. The Balaban J connectivity index is 0.00000200. The Kier molecular flexibility index (Phi) is 8.30. The summed E-state index contributed by atoms with van der Waals surface area (Å²) in [5.41, 5.74) is 1.17. The van der Waals surface area contributed by atoms with E-state index in [0.717, 1.165) is 23.9 Å². The maximum absolute atomic E-state index is 6.14. The van der Waals surface area contributed by atoms with Crippen LogP contribution in [-0.4, -0.2) is 25.6 Å². The Morgan fingerprint density at radius 2 is 2.00 bits per heavy atom. The fourth-order valence-corrected chi connectivity index (χ4v) is 2.71. The molecule has 0 saturated heterocycles. The normalized spacial score (nSPS) is 15.8. The first-order valence-electron chi connectivity index (χ1n) is 7.00. The minimum atomic E-state index is 0. The van der Waals surface area contributed by atoms with Gasteiger partial charge in [-0.15, -0.1) is 24.0 Å². The summed E-state index contributed by atoms with van der Waals surface area (Å²) >= 11 is 6.14. The average Bonchev–Trinajstić information content (AvgIpc) is 2.92. The molecule has 0 bridgehead atoms. The lowest BCUT2D eigenvalue weighted by atomic mass is 10.1. The monoisotopic (exact) mass is 407 g/mol. The Morgan fingerprint density at radius 1 is 1.30 bits per heavy atom. The van der Waals surface area contributed by atoms with E-state index in [9.17, 15) is 0 Å². The fraction of sp³-hybridized carbons (Fsp3) is 0.533. The Labute approximate surface area is 143 Å². The third-order valence-electron chi connectivity index (χ3n) is 3.56. The second kappa shape index (κ2) is 9.45. The molecule has 0 heterocycles. The molecule has 0 atom stereocenters. The van der Waals surface area contributed by atoms with E-state index in [4.69, 9.17) is 11.6 Å². The summed E-state index contributed by atoms with van der Waals surface area (Å²) in [6.45, 7) is 0.843. The number of nitrogens with zero attached hydrogens (tertiary/aromatic N) is 1. The van der Waals surface area contributed by atoms with Crippen molar-refractivity contribution in [3.05, 3.63) is 34.9 Å². The predicted octanol–water partition coefficient (Wildman–Crippen LogP) is 3.61. The quantitative estimate of drug-likeness (QED) is 0.454. The summed E-state index contributed by atoms with van der Waals surface area (Å²) in [7, 11) is 1.82. The summed E-state index contributed by atoms with van der Waals surface area (Å²) in [5, 5.41) is 7.66. The number of hydrogen-bond acceptors (Lipinski definition) is 1. The zero-order chi connectivity index (χ0) is 13.5. The second-order valence-corrected chi connectivity index (χ2v) is 5.37. The van der Waals surface area contributed by atoms with Crippen LogP contribution in [0.3, 0.4) is 0 Å². The molecule has 1 aliphatic rings. The van der Waals surface area contributed by atoms with Crippen molar-refractivity contribution in [3.63, 3.8) is 0 Å². The fourth-order valence-electron chi connectivity index (χ4n) is 2.47. The Morgan fingerprint density at radius 3 is 2.65 bits per heavy atom.